The molecular formula is C18H27N2O5PS. The molecule has 0 radical (unpaired) electrons. The number of sulfonamides is 1. The molecule has 1 heterocycles. The Morgan fingerprint density at radius 1 is 1.26 bits per heavy atom. The predicted octanol–water partition coefficient (Wildman–Crippen LogP) is 4.51. The molecule has 0 saturated carbocycles. The maximum absolute atomic E-state index is 13.2. The van der Waals surface area contributed by atoms with Crippen LogP contribution in [0.1, 0.15) is 39.7 Å². The molecule has 1 aromatic rings. The fourth-order valence-electron chi connectivity index (χ4n) is 2.27. The molecule has 0 aromatic heterocycles. The van der Waals surface area contributed by atoms with Crippen molar-refractivity contribution in [3.8, 4) is 0 Å². The summed E-state index contributed by atoms with van der Waals surface area (Å²) in [5.74, 6) is 0.0170. The van der Waals surface area contributed by atoms with E-state index >= 15 is 0 Å². The summed E-state index contributed by atoms with van der Waals surface area (Å²) in [6.45, 7) is 9.59. The molecule has 1 aliphatic heterocycles. The number of rotatable bonds is 5. The zero-order valence-electron chi connectivity index (χ0n) is 16.4. The molecular weight excluding hydrogens is 387 g/mol. The topological polar surface area (TPSA) is 85.3 Å². The number of benzene rings is 1. The van der Waals surface area contributed by atoms with Gasteiger partial charge >= 0.3 is 7.75 Å². The third-order valence-corrected chi connectivity index (χ3v) is 7.12. The Morgan fingerprint density at radius 2 is 1.81 bits per heavy atom. The molecule has 0 amide bonds. The number of hydrogen-bond acceptors (Lipinski definition) is 5. The summed E-state index contributed by atoms with van der Waals surface area (Å²) in [6, 6.07) is 6.38. The van der Waals surface area contributed by atoms with E-state index in [1.165, 1.54) is 29.9 Å². The minimum Gasteiger partial charge on any atom is -0.291 e. The first kappa shape index (κ1) is 21.8. The Hall–Kier alpha value is -1.47. The van der Waals surface area contributed by atoms with Gasteiger partial charge in [0.1, 0.15) is 5.84 Å². The van der Waals surface area contributed by atoms with E-state index < -0.39 is 17.8 Å². The molecule has 2 rings (SSSR count). The van der Waals surface area contributed by atoms with Gasteiger partial charge in [0.25, 0.3) is 10.0 Å². The van der Waals surface area contributed by atoms with Crippen LogP contribution >= 0.6 is 7.75 Å². The Balaban J connectivity index is 2.38. The highest BCUT2D eigenvalue weighted by atomic mass is 32.2. The molecule has 0 N–H and O–H groups in total. The Morgan fingerprint density at radius 3 is 2.33 bits per heavy atom. The van der Waals surface area contributed by atoms with Crippen LogP contribution in [0.3, 0.4) is 0 Å². The van der Waals surface area contributed by atoms with E-state index in [1.54, 1.807) is 18.2 Å². The molecule has 0 atom stereocenters. The van der Waals surface area contributed by atoms with Gasteiger partial charge in [-0.1, -0.05) is 44.5 Å². The van der Waals surface area contributed by atoms with Crippen molar-refractivity contribution in [3.05, 3.63) is 42.1 Å². The second-order valence-corrected chi connectivity index (χ2v) is 10.7. The minimum atomic E-state index is -3.95. The standard InChI is InChI=1S/C18H27N2O5PS/c1-6-7-12-20(26(21)24-13-18(4,5)14-25-26)16(3)19-27(22,23)17-10-8-15(2)9-11-17/h7-12H,6,13-14H2,1-5H3/b12-7+,19-16+. The summed E-state index contributed by atoms with van der Waals surface area (Å²) < 4.78 is 54.5. The van der Waals surface area contributed by atoms with Crippen LogP contribution in [-0.2, 0) is 23.6 Å². The van der Waals surface area contributed by atoms with Crippen LogP contribution in [0.5, 0.6) is 0 Å². The van der Waals surface area contributed by atoms with Gasteiger partial charge in [-0.2, -0.15) is 8.42 Å². The number of hydrogen-bond donors (Lipinski definition) is 0. The van der Waals surface area contributed by atoms with Crippen LogP contribution in [-0.4, -0.2) is 32.1 Å². The smallest absolute Gasteiger partial charge is 0.291 e. The lowest BCUT2D eigenvalue weighted by Gasteiger charge is -2.37. The van der Waals surface area contributed by atoms with E-state index in [-0.39, 0.29) is 29.4 Å². The van der Waals surface area contributed by atoms with Gasteiger partial charge in [0.05, 0.1) is 18.1 Å². The third kappa shape index (κ3) is 5.51. The lowest BCUT2D eigenvalue weighted by atomic mass is 9.97. The monoisotopic (exact) mass is 414 g/mol. The lowest BCUT2D eigenvalue weighted by molar-refractivity contribution is 0.0311. The van der Waals surface area contributed by atoms with Crippen molar-refractivity contribution in [3.63, 3.8) is 0 Å². The van der Waals surface area contributed by atoms with Gasteiger partial charge in [0.2, 0.25) is 0 Å². The van der Waals surface area contributed by atoms with E-state index in [4.69, 9.17) is 9.05 Å². The van der Waals surface area contributed by atoms with Gasteiger partial charge in [-0.3, -0.25) is 9.05 Å². The van der Waals surface area contributed by atoms with E-state index in [2.05, 4.69) is 4.40 Å². The summed E-state index contributed by atoms with van der Waals surface area (Å²) >= 11 is 0. The quantitative estimate of drug-likeness (QED) is 0.400. The maximum atomic E-state index is 13.2. The van der Waals surface area contributed by atoms with Crippen molar-refractivity contribution < 1.29 is 22.0 Å². The van der Waals surface area contributed by atoms with E-state index in [1.807, 2.05) is 27.7 Å². The summed E-state index contributed by atoms with van der Waals surface area (Å²) in [5.41, 5.74) is 0.672. The highest BCUT2D eigenvalue weighted by Crippen LogP contribution is 2.57. The molecule has 0 spiro atoms. The fourth-order valence-corrected chi connectivity index (χ4v) is 5.35. The van der Waals surface area contributed by atoms with E-state index in [0.717, 1.165) is 5.56 Å². The van der Waals surface area contributed by atoms with Crippen molar-refractivity contribution in [2.75, 3.05) is 13.2 Å². The summed E-state index contributed by atoms with van der Waals surface area (Å²) in [7, 11) is -7.68. The van der Waals surface area contributed by atoms with Crippen molar-refractivity contribution in [2.45, 2.75) is 45.9 Å². The van der Waals surface area contributed by atoms with Crippen LogP contribution in [0.2, 0.25) is 0 Å². The zero-order chi connectivity index (χ0) is 20.3. The Labute approximate surface area is 161 Å². The molecule has 1 aromatic carbocycles. The molecule has 150 valence electrons. The summed E-state index contributed by atoms with van der Waals surface area (Å²) in [6.07, 6.45) is 3.91. The highest BCUT2D eigenvalue weighted by molar-refractivity contribution is 7.90. The third-order valence-electron chi connectivity index (χ3n) is 3.89. The molecule has 0 unspecified atom stereocenters. The number of aryl methyl sites for hydroxylation is 1. The largest absolute Gasteiger partial charge is 0.440 e. The first-order chi connectivity index (χ1) is 12.5. The molecule has 0 aliphatic carbocycles. The second-order valence-electron chi connectivity index (χ2n) is 7.24. The van der Waals surface area contributed by atoms with Crippen LogP contribution < -0.4 is 0 Å². The molecule has 9 heteroatoms. The first-order valence-corrected chi connectivity index (χ1v) is 11.7. The molecule has 1 fully saturated rings. The van der Waals surface area contributed by atoms with Gasteiger partial charge < -0.3 is 0 Å². The summed E-state index contributed by atoms with van der Waals surface area (Å²) in [4.78, 5) is 0.0665. The second kappa shape index (κ2) is 8.27. The molecule has 1 aliphatic rings. The van der Waals surface area contributed by atoms with Gasteiger partial charge in [-0.05, 0) is 32.4 Å². The summed E-state index contributed by atoms with van der Waals surface area (Å²) in [5, 5.41) is 0. The van der Waals surface area contributed by atoms with Gasteiger partial charge in [0.15, 0.2) is 0 Å². The van der Waals surface area contributed by atoms with E-state index in [9.17, 15) is 13.0 Å². The van der Waals surface area contributed by atoms with Gasteiger partial charge in [0, 0.05) is 11.6 Å². The van der Waals surface area contributed by atoms with E-state index in [0.29, 0.717) is 6.42 Å². The van der Waals surface area contributed by atoms with Gasteiger partial charge in [-0.25, -0.2) is 9.24 Å². The SMILES string of the molecule is CC/C=C/N(/C(C)=N/S(=O)(=O)c1ccc(C)cc1)P1(=O)OCC(C)(C)CO1. The fraction of sp³-hybridized carbons (Fsp3) is 0.500. The first-order valence-electron chi connectivity index (χ1n) is 8.73. The van der Waals surface area contributed by atoms with Crippen LogP contribution in [0.4, 0.5) is 0 Å². The van der Waals surface area contributed by atoms with Crippen molar-refractivity contribution in [2.24, 2.45) is 9.81 Å². The van der Waals surface area contributed by atoms with Gasteiger partial charge in [-0.15, -0.1) is 4.40 Å². The molecule has 27 heavy (non-hydrogen) atoms. The number of nitrogens with zero attached hydrogens (tertiary/aromatic N) is 2. The number of allylic oxidation sites excluding steroid dienone is 1. The normalized spacial score (nSPS) is 20.0. The predicted molar refractivity (Wildman–Crippen MR) is 106 cm³/mol. The van der Waals surface area contributed by atoms with Crippen molar-refractivity contribution >= 4 is 23.6 Å². The van der Waals surface area contributed by atoms with Crippen LogP contribution in [0.25, 0.3) is 0 Å². The maximum Gasteiger partial charge on any atom is 0.440 e. The zero-order valence-corrected chi connectivity index (χ0v) is 18.1. The van der Waals surface area contributed by atoms with Crippen molar-refractivity contribution in [1.82, 2.24) is 4.67 Å². The van der Waals surface area contributed by atoms with Crippen LogP contribution in [0.15, 0.2) is 45.8 Å². The highest BCUT2D eigenvalue weighted by Gasteiger charge is 2.42. The van der Waals surface area contributed by atoms with Crippen molar-refractivity contribution in [1.29, 1.82) is 0 Å². The number of amidine groups is 1. The Bertz CT molecular complexity index is 862. The molecule has 1 saturated heterocycles. The molecule has 7 nitrogen and oxygen atoms in total. The Kier molecular flexibility index (Phi) is 6.68. The minimum absolute atomic E-state index is 0.0170. The average molecular weight is 414 g/mol. The lowest BCUT2D eigenvalue weighted by Crippen LogP contribution is -2.34. The average Bonchev–Trinajstić information content (AvgIpc) is 2.58. The molecule has 0 bridgehead atoms. The van der Waals surface area contributed by atoms with Crippen LogP contribution in [0, 0.1) is 12.3 Å².